The summed E-state index contributed by atoms with van der Waals surface area (Å²) in [5.74, 6) is 0.856. The molecule has 0 saturated carbocycles. The maximum atomic E-state index is 6.41. The van der Waals surface area contributed by atoms with Crippen molar-refractivity contribution in [2.45, 2.75) is 49.8 Å². The van der Waals surface area contributed by atoms with Crippen molar-refractivity contribution in [3.8, 4) is 50.3 Å². The monoisotopic (exact) mass is 939 g/mol. The molecule has 0 spiro atoms. The molecule has 7 heteroatoms. The molecule has 12 rings (SSSR count). The molecule has 3 aliphatic rings. The molecule has 346 valence electrons. The second-order valence-corrected chi connectivity index (χ2v) is 19.8. The Kier molecular flexibility index (Phi) is 11.8. The van der Waals surface area contributed by atoms with Crippen LogP contribution in [0.2, 0.25) is 0 Å². The minimum atomic E-state index is 0.657. The molecule has 0 radical (unpaired) electrons. The number of aromatic nitrogens is 4. The molecule has 3 aliphatic heterocycles. The van der Waals surface area contributed by atoms with Gasteiger partial charge in [-0.25, -0.2) is 9.97 Å². The molecule has 0 amide bonds. The molecule has 0 atom stereocenters. The Morgan fingerprint density at radius 2 is 0.775 bits per heavy atom. The molecule has 0 saturated heterocycles. The number of fused-ring (bicyclic) bond motifs is 10. The van der Waals surface area contributed by atoms with E-state index in [4.69, 9.17) is 14.7 Å². The van der Waals surface area contributed by atoms with Crippen molar-refractivity contribution in [1.82, 2.24) is 19.9 Å². The quantitative estimate of drug-likeness (QED) is 0.126. The molecular weight excluding hydrogens is 887 g/mol. The van der Waals surface area contributed by atoms with Gasteiger partial charge in [0.15, 0.2) is 0 Å². The summed E-state index contributed by atoms with van der Waals surface area (Å²) in [5.41, 5.74) is 22.1. The number of hydrogen-bond acceptors (Lipinski definition) is 5. The summed E-state index contributed by atoms with van der Waals surface area (Å²) in [6.07, 6.45) is 11.8. The van der Waals surface area contributed by atoms with Gasteiger partial charge in [0.1, 0.15) is 5.75 Å². The van der Waals surface area contributed by atoms with Crippen LogP contribution < -0.4 is 9.64 Å². The number of rotatable bonds is 11. The van der Waals surface area contributed by atoms with Gasteiger partial charge in [-0.05, 0) is 147 Å². The van der Waals surface area contributed by atoms with E-state index in [0.717, 1.165) is 121 Å². The van der Waals surface area contributed by atoms with Gasteiger partial charge in [0.05, 0.1) is 40.8 Å². The number of benzene rings is 6. The number of aryl methyl sites for hydroxylation is 3. The van der Waals surface area contributed by atoms with Gasteiger partial charge in [-0.3, -0.25) is 0 Å². The summed E-state index contributed by atoms with van der Waals surface area (Å²) in [7, 11) is 0. The SMILES string of the molecule is Cc1ccc(-c2c3nc(c(-c4ccc(C)cc4)c4ccc([nH]4)c(-c4ccc(OCCCCCN5c6ccccc6Sc6ccccc65)cc4)c4nc(c(-c5ccc(C)cc5)c5ccc2[nH]5)C=C4)C=C3)cc1. The fraction of sp³-hybridized carbons (Fsp3) is 0.125. The Labute approximate surface area is 419 Å². The number of unbranched alkanes of at least 4 members (excludes halogenated alkanes) is 2. The van der Waals surface area contributed by atoms with E-state index in [9.17, 15) is 0 Å². The molecule has 0 fully saturated rings. The maximum absolute atomic E-state index is 6.41. The lowest BCUT2D eigenvalue weighted by atomic mass is 10.0. The topological polar surface area (TPSA) is 69.8 Å². The number of para-hydroxylation sites is 2. The van der Waals surface area contributed by atoms with E-state index >= 15 is 0 Å². The molecule has 0 aliphatic carbocycles. The summed E-state index contributed by atoms with van der Waals surface area (Å²) in [6.45, 7) is 8.01. The van der Waals surface area contributed by atoms with Gasteiger partial charge in [0.25, 0.3) is 0 Å². The lowest BCUT2D eigenvalue weighted by Gasteiger charge is -2.32. The number of H-pyrrole nitrogens is 2. The summed E-state index contributed by atoms with van der Waals surface area (Å²) < 4.78 is 6.41. The molecule has 0 unspecified atom stereocenters. The maximum Gasteiger partial charge on any atom is 0.119 e. The lowest BCUT2D eigenvalue weighted by molar-refractivity contribution is 0.305. The number of aromatic amines is 2. The van der Waals surface area contributed by atoms with Crippen LogP contribution >= 0.6 is 11.8 Å². The van der Waals surface area contributed by atoms with Gasteiger partial charge in [-0.1, -0.05) is 138 Å². The Hall–Kier alpha value is -8.13. The second-order valence-electron chi connectivity index (χ2n) is 18.7. The minimum Gasteiger partial charge on any atom is -0.494 e. The third kappa shape index (κ3) is 8.79. The van der Waals surface area contributed by atoms with Gasteiger partial charge < -0.3 is 19.6 Å². The Balaban J connectivity index is 0.930. The first-order chi connectivity index (χ1) is 34.9. The van der Waals surface area contributed by atoms with Crippen LogP contribution in [0, 0.1) is 20.8 Å². The normalized spacial score (nSPS) is 12.5. The van der Waals surface area contributed by atoms with Crippen molar-refractivity contribution >= 4 is 69.5 Å². The van der Waals surface area contributed by atoms with E-state index in [1.165, 1.54) is 37.9 Å². The second kappa shape index (κ2) is 19.0. The van der Waals surface area contributed by atoms with Crippen molar-refractivity contribution in [1.29, 1.82) is 0 Å². The highest BCUT2D eigenvalue weighted by Crippen LogP contribution is 2.48. The van der Waals surface area contributed by atoms with Gasteiger partial charge in [-0.15, -0.1) is 0 Å². The number of nitrogens with zero attached hydrogens (tertiary/aromatic N) is 3. The van der Waals surface area contributed by atoms with Crippen molar-refractivity contribution in [2.24, 2.45) is 0 Å². The van der Waals surface area contributed by atoms with Gasteiger partial charge in [0, 0.05) is 60.7 Å². The molecule has 2 N–H and O–H groups in total. The third-order valence-corrected chi connectivity index (χ3v) is 14.9. The van der Waals surface area contributed by atoms with E-state index in [0.29, 0.717) is 6.61 Å². The first-order valence-corrected chi connectivity index (χ1v) is 25.5. The molecule has 6 aromatic carbocycles. The third-order valence-electron chi connectivity index (χ3n) is 13.7. The number of nitrogens with one attached hydrogen (secondary N) is 2. The Morgan fingerprint density at radius 1 is 0.408 bits per heavy atom. The molecule has 6 heterocycles. The van der Waals surface area contributed by atoms with E-state index in [1.807, 2.05) is 11.8 Å². The molecule has 71 heavy (non-hydrogen) atoms. The highest BCUT2D eigenvalue weighted by atomic mass is 32.2. The molecular formula is C64H53N5OS. The highest BCUT2D eigenvalue weighted by molar-refractivity contribution is 7.99. The highest BCUT2D eigenvalue weighted by Gasteiger charge is 2.23. The van der Waals surface area contributed by atoms with Gasteiger partial charge in [0.2, 0.25) is 0 Å². The van der Waals surface area contributed by atoms with E-state index in [2.05, 4.69) is 230 Å². The minimum absolute atomic E-state index is 0.657. The average molecular weight is 940 g/mol. The van der Waals surface area contributed by atoms with Crippen LogP contribution in [0.1, 0.15) is 58.7 Å². The summed E-state index contributed by atoms with van der Waals surface area (Å²) in [5, 5.41) is 0. The predicted molar refractivity (Wildman–Crippen MR) is 298 cm³/mol. The van der Waals surface area contributed by atoms with Crippen molar-refractivity contribution < 1.29 is 4.74 Å². The number of anilines is 2. The molecule has 9 aromatic rings. The standard InChI is InChI=1S/C64H53N5OS/c1-41-15-21-44(22-16-41)61-49-31-33-51(65-49)62(45-23-17-42(2)18-24-45)53-35-37-55(67-53)64(56-38-36-54(68-56)63(52-34-32-50(61)66-52)46-25-19-43(3)20-26-46)47-27-29-48(30-28-47)70-40-10-4-9-39-69-57-11-5-7-13-59(57)71-60-14-8-6-12-58(60)69/h5-8,11-38,65,68H,4,9-10,39-40H2,1-3H3. The average Bonchev–Trinajstić information content (AvgIpc) is 4.26. The Bertz CT molecular complexity index is 3610. The zero-order valence-corrected chi connectivity index (χ0v) is 41.0. The lowest BCUT2D eigenvalue weighted by Crippen LogP contribution is -2.21. The molecule has 6 nitrogen and oxygen atoms in total. The van der Waals surface area contributed by atoms with Crippen molar-refractivity contribution in [2.75, 3.05) is 18.1 Å². The smallest absolute Gasteiger partial charge is 0.119 e. The van der Waals surface area contributed by atoms with Crippen LogP contribution in [0.25, 0.3) is 90.9 Å². The largest absolute Gasteiger partial charge is 0.494 e. The van der Waals surface area contributed by atoms with Crippen molar-refractivity contribution in [3.05, 3.63) is 209 Å². The van der Waals surface area contributed by atoms with Crippen molar-refractivity contribution in [3.63, 3.8) is 0 Å². The molecule has 3 aromatic heterocycles. The number of hydrogen-bond donors (Lipinski definition) is 2. The Morgan fingerprint density at radius 3 is 1.17 bits per heavy atom. The first-order valence-electron chi connectivity index (χ1n) is 24.6. The van der Waals surface area contributed by atoms with Gasteiger partial charge in [-0.2, -0.15) is 0 Å². The summed E-state index contributed by atoms with van der Waals surface area (Å²) in [4.78, 5) is 23.9. The van der Waals surface area contributed by atoms with Crippen LogP contribution in [0.3, 0.4) is 0 Å². The van der Waals surface area contributed by atoms with Crippen LogP contribution in [0.4, 0.5) is 11.4 Å². The van der Waals surface area contributed by atoms with Crippen LogP contribution in [0.5, 0.6) is 5.75 Å². The zero-order chi connectivity index (χ0) is 47.8. The summed E-state index contributed by atoms with van der Waals surface area (Å²) in [6, 6.07) is 61.0. The fourth-order valence-electron chi connectivity index (χ4n) is 10.1. The van der Waals surface area contributed by atoms with E-state index in [-0.39, 0.29) is 0 Å². The van der Waals surface area contributed by atoms with E-state index < -0.39 is 0 Å². The molecule has 8 bridgehead atoms. The van der Waals surface area contributed by atoms with E-state index in [1.54, 1.807) is 0 Å². The zero-order valence-electron chi connectivity index (χ0n) is 40.2. The fourth-order valence-corrected chi connectivity index (χ4v) is 11.2. The number of ether oxygens (including phenoxy) is 1. The van der Waals surface area contributed by atoms with Crippen LogP contribution in [0.15, 0.2) is 180 Å². The first kappa shape index (κ1) is 44.1. The van der Waals surface area contributed by atoms with Crippen LogP contribution in [-0.4, -0.2) is 33.1 Å². The summed E-state index contributed by atoms with van der Waals surface area (Å²) >= 11 is 1.86. The predicted octanol–water partition coefficient (Wildman–Crippen LogP) is 17.1. The van der Waals surface area contributed by atoms with Gasteiger partial charge >= 0.3 is 0 Å². The van der Waals surface area contributed by atoms with Crippen LogP contribution in [-0.2, 0) is 0 Å².